The maximum absolute atomic E-state index is 12.1. The molecule has 7 nitrogen and oxygen atoms in total. The van der Waals surface area contributed by atoms with Gasteiger partial charge in [-0.05, 0) is 34.9 Å². The van der Waals surface area contributed by atoms with Crippen molar-refractivity contribution in [2.24, 2.45) is 0 Å². The average molecular weight is 404 g/mol. The minimum absolute atomic E-state index is 0.173. The molecule has 0 bridgehead atoms. The second kappa shape index (κ2) is 10.6. The number of ether oxygens (including phenoxy) is 2. The van der Waals surface area contributed by atoms with E-state index in [4.69, 9.17) is 9.47 Å². The number of methoxy groups -OCH3 is 1. The van der Waals surface area contributed by atoms with Crippen molar-refractivity contribution in [3.05, 3.63) is 90.5 Å². The van der Waals surface area contributed by atoms with Gasteiger partial charge in [0.15, 0.2) is 11.5 Å². The maximum Gasteiger partial charge on any atom is 0.244 e. The average Bonchev–Trinajstić information content (AvgIpc) is 3.29. The van der Waals surface area contributed by atoms with Gasteiger partial charge in [0.2, 0.25) is 5.91 Å². The first-order valence-corrected chi connectivity index (χ1v) is 9.46. The molecule has 0 radical (unpaired) electrons. The van der Waals surface area contributed by atoms with Crippen LogP contribution in [-0.2, 0) is 17.9 Å². The second-order valence-corrected chi connectivity index (χ2v) is 6.47. The van der Waals surface area contributed by atoms with Crippen LogP contribution in [0.2, 0.25) is 0 Å². The second-order valence-electron chi connectivity index (χ2n) is 6.47. The van der Waals surface area contributed by atoms with Crippen LogP contribution in [0, 0.1) is 0 Å². The molecule has 7 heteroatoms. The molecule has 2 aromatic carbocycles. The number of carbonyl (C=O) groups excluding carboxylic acids is 1. The molecule has 1 amide bonds. The van der Waals surface area contributed by atoms with E-state index < -0.39 is 0 Å². The number of rotatable bonds is 10. The Kier molecular flexibility index (Phi) is 7.38. The summed E-state index contributed by atoms with van der Waals surface area (Å²) in [6.45, 7) is 5.14. The van der Waals surface area contributed by atoms with E-state index in [0.29, 0.717) is 31.2 Å². The summed E-state index contributed by atoms with van der Waals surface area (Å²) < 4.78 is 12.6. The monoisotopic (exact) mass is 404 g/mol. The molecule has 30 heavy (non-hydrogen) atoms. The zero-order chi connectivity index (χ0) is 21.2. The molecule has 0 saturated carbocycles. The predicted octanol–water partition coefficient (Wildman–Crippen LogP) is 3.23. The molecular weight excluding hydrogens is 380 g/mol. The van der Waals surface area contributed by atoms with Crippen LogP contribution in [0.3, 0.4) is 0 Å². The Labute approximate surface area is 175 Å². The SMILES string of the molecule is C=CCOc1ccc(/C=C/C(=O)NCc2ccc(Cn3cncn3)cc2)cc1OC. The Morgan fingerprint density at radius 3 is 2.67 bits per heavy atom. The maximum atomic E-state index is 12.1. The first-order chi connectivity index (χ1) is 14.7. The van der Waals surface area contributed by atoms with Crippen LogP contribution in [0.25, 0.3) is 6.08 Å². The predicted molar refractivity (Wildman–Crippen MR) is 115 cm³/mol. The van der Waals surface area contributed by atoms with E-state index in [-0.39, 0.29) is 5.91 Å². The van der Waals surface area contributed by atoms with E-state index in [2.05, 4.69) is 22.0 Å². The van der Waals surface area contributed by atoms with Crippen molar-refractivity contribution >= 4 is 12.0 Å². The molecule has 154 valence electrons. The highest BCUT2D eigenvalue weighted by Crippen LogP contribution is 2.28. The molecule has 0 aliphatic carbocycles. The van der Waals surface area contributed by atoms with Gasteiger partial charge in [-0.2, -0.15) is 5.10 Å². The van der Waals surface area contributed by atoms with Gasteiger partial charge in [-0.15, -0.1) is 0 Å². The Bertz CT molecular complexity index is 996. The zero-order valence-corrected chi connectivity index (χ0v) is 16.8. The van der Waals surface area contributed by atoms with Crippen molar-refractivity contribution in [2.45, 2.75) is 13.1 Å². The normalized spacial score (nSPS) is 10.7. The van der Waals surface area contributed by atoms with Gasteiger partial charge in [0.1, 0.15) is 19.3 Å². The third-order valence-corrected chi connectivity index (χ3v) is 4.27. The van der Waals surface area contributed by atoms with E-state index in [1.807, 2.05) is 36.4 Å². The summed E-state index contributed by atoms with van der Waals surface area (Å²) in [5.74, 6) is 1.06. The van der Waals surface area contributed by atoms with Crippen molar-refractivity contribution in [1.29, 1.82) is 0 Å². The van der Waals surface area contributed by atoms with Crippen LogP contribution in [-0.4, -0.2) is 34.4 Å². The van der Waals surface area contributed by atoms with Crippen LogP contribution < -0.4 is 14.8 Å². The van der Waals surface area contributed by atoms with Gasteiger partial charge < -0.3 is 14.8 Å². The highest BCUT2D eigenvalue weighted by molar-refractivity contribution is 5.91. The summed E-state index contributed by atoms with van der Waals surface area (Å²) >= 11 is 0. The van der Waals surface area contributed by atoms with Gasteiger partial charge in [0.25, 0.3) is 0 Å². The van der Waals surface area contributed by atoms with Gasteiger partial charge in [-0.1, -0.05) is 43.0 Å². The molecule has 1 N–H and O–H groups in total. The summed E-state index contributed by atoms with van der Waals surface area (Å²) in [4.78, 5) is 16.1. The Morgan fingerprint density at radius 1 is 1.17 bits per heavy atom. The number of hydrogen-bond acceptors (Lipinski definition) is 5. The first-order valence-electron chi connectivity index (χ1n) is 9.46. The molecule has 0 saturated heterocycles. The zero-order valence-electron chi connectivity index (χ0n) is 16.8. The fourth-order valence-electron chi connectivity index (χ4n) is 2.74. The van der Waals surface area contributed by atoms with E-state index in [1.54, 1.807) is 36.3 Å². The molecule has 3 aromatic rings. The van der Waals surface area contributed by atoms with Crippen molar-refractivity contribution < 1.29 is 14.3 Å². The number of benzene rings is 2. The third-order valence-electron chi connectivity index (χ3n) is 4.27. The van der Waals surface area contributed by atoms with Crippen LogP contribution in [0.5, 0.6) is 11.5 Å². The van der Waals surface area contributed by atoms with Crippen LogP contribution >= 0.6 is 0 Å². The van der Waals surface area contributed by atoms with Gasteiger partial charge >= 0.3 is 0 Å². The molecule has 1 heterocycles. The fraction of sp³-hybridized carbons (Fsp3) is 0.174. The van der Waals surface area contributed by atoms with Gasteiger partial charge in [-0.25, -0.2) is 9.67 Å². The van der Waals surface area contributed by atoms with Gasteiger partial charge in [0, 0.05) is 12.6 Å². The highest BCUT2D eigenvalue weighted by atomic mass is 16.5. The molecule has 0 fully saturated rings. The summed E-state index contributed by atoms with van der Waals surface area (Å²) in [6, 6.07) is 13.5. The number of nitrogens with one attached hydrogen (secondary N) is 1. The van der Waals surface area contributed by atoms with Crippen molar-refractivity contribution in [3.8, 4) is 11.5 Å². The summed E-state index contributed by atoms with van der Waals surface area (Å²) in [7, 11) is 1.58. The summed E-state index contributed by atoms with van der Waals surface area (Å²) in [5, 5.41) is 6.97. The highest BCUT2D eigenvalue weighted by Gasteiger charge is 2.05. The van der Waals surface area contributed by atoms with Crippen molar-refractivity contribution in [1.82, 2.24) is 20.1 Å². The molecule has 0 unspecified atom stereocenters. The van der Waals surface area contributed by atoms with E-state index in [0.717, 1.165) is 16.7 Å². The number of amides is 1. The molecule has 3 rings (SSSR count). The Hall–Kier alpha value is -3.87. The fourth-order valence-corrected chi connectivity index (χ4v) is 2.74. The molecule has 0 spiro atoms. The Balaban J connectivity index is 1.51. The molecule has 0 aliphatic heterocycles. The lowest BCUT2D eigenvalue weighted by Crippen LogP contribution is -2.20. The van der Waals surface area contributed by atoms with Crippen LogP contribution in [0.4, 0.5) is 0 Å². The standard InChI is InChI=1S/C23H24N4O3/c1-3-12-30-21-10-8-18(13-22(21)29-2)9-11-23(28)25-14-19-4-6-20(7-5-19)15-27-17-24-16-26-27/h3-11,13,16-17H,1,12,14-15H2,2H3,(H,25,28)/b11-9+. The molecule has 0 aliphatic rings. The van der Waals surface area contributed by atoms with E-state index in [9.17, 15) is 4.79 Å². The number of aromatic nitrogens is 3. The summed E-state index contributed by atoms with van der Waals surface area (Å²) in [5.41, 5.74) is 2.97. The lowest BCUT2D eigenvalue weighted by Gasteiger charge is -2.09. The minimum Gasteiger partial charge on any atom is -0.493 e. The molecular formula is C23H24N4O3. The third kappa shape index (κ3) is 6.07. The van der Waals surface area contributed by atoms with Crippen LogP contribution in [0.15, 0.2) is 73.9 Å². The van der Waals surface area contributed by atoms with Crippen molar-refractivity contribution in [2.75, 3.05) is 13.7 Å². The largest absolute Gasteiger partial charge is 0.493 e. The Morgan fingerprint density at radius 2 is 1.97 bits per heavy atom. The molecule has 1 aromatic heterocycles. The van der Waals surface area contributed by atoms with Crippen LogP contribution in [0.1, 0.15) is 16.7 Å². The van der Waals surface area contributed by atoms with E-state index >= 15 is 0 Å². The topological polar surface area (TPSA) is 78.3 Å². The molecule has 0 atom stereocenters. The van der Waals surface area contributed by atoms with Gasteiger partial charge in [0.05, 0.1) is 13.7 Å². The number of carbonyl (C=O) groups is 1. The number of nitrogens with zero attached hydrogens (tertiary/aromatic N) is 3. The smallest absolute Gasteiger partial charge is 0.244 e. The van der Waals surface area contributed by atoms with E-state index in [1.165, 1.54) is 12.4 Å². The number of hydrogen-bond donors (Lipinski definition) is 1. The lowest BCUT2D eigenvalue weighted by atomic mass is 10.1. The van der Waals surface area contributed by atoms with Gasteiger partial charge in [-0.3, -0.25) is 4.79 Å². The van der Waals surface area contributed by atoms with Crippen molar-refractivity contribution in [3.63, 3.8) is 0 Å². The lowest BCUT2D eigenvalue weighted by molar-refractivity contribution is -0.116. The summed E-state index contributed by atoms with van der Waals surface area (Å²) in [6.07, 6.45) is 8.09. The first kappa shape index (κ1) is 20.9. The quantitative estimate of drug-likeness (QED) is 0.415. The minimum atomic E-state index is -0.173.